The first-order valence-electron chi connectivity index (χ1n) is 18.6. The summed E-state index contributed by atoms with van der Waals surface area (Å²) in [4.78, 5) is 0. The second kappa shape index (κ2) is 19.1. The SMILES string of the molecule is CCCCCCCC(c1c(OB(Oc2cc(C(F)(F)F)cc(C(F)(F)F)c2)Oc2cc(C(F)(F)F)cc(C(F)(F)F)c2)cc(C(F)(F)F)cc1C(F)(F)F)[N+](CC)(CC)CC. The van der Waals surface area contributed by atoms with E-state index < -0.39 is 119 Å². The van der Waals surface area contributed by atoms with Gasteiger partial charge >= 0.3 is 44.4 Å². The smallest absolute Gasteiger partial charge is 0.490 e. The molecule has 1 unspecified atom stereocenters. The van der Waals surface area contributed by atoms with Crippen LogP contribution in [0.5, 0.6) is 17.2 Å². The molecule has 3 rings (SSSR count). The zero-order valence-corrected chi connectivity index (χ0v) is 32.6. The van der Waals surface area contributed by atoms with Gasteiger partial charge in [0.15, 0.2) is 0 Å². The average Bonchev–Trinajstić information content (AvgIpc) is 3.12. The van der Waals surface area contributed by atoms with E-state index in [9.17, 15) is 65.9 Å². The highest BCUT2D eigenvalue weighted by atomic mass is 19.4. The fourth-order valence-corrected chi connectivity index (χ4v) is 6.82. The molecule has 0 spiro atoms. The number of hydrogen-bond acceptors (Lipinski definition) is 3. The fourth-order valence-electron chi connectivity index (χ4n) is 6.82. The van der Waals surface area contributed by atoms with Gasteiger partial charge in [-0.15, -0.1) is 0 Å². The van der Waals surface area contributed by atoms with Crippen molar-refractivity contribution in [3.05, 3.63) is 87.5 Å². The number of halogens is 18. The monoisotopic (exact) mass is 910 g/mol. The summed E-state index contributed by atoms with van der Waals surface area (Å²) in [5.41, 5.74) is -13.4. The number of unbranched alkanes of at least 4 members (excludes halogenated alkanes) is 4. The third-order valence-electron chi connectivity index (χ3n) is 10.0. The Balaban J connectivity index is 2.52. The maximum absolute atomic E-state index is 15.1. The minimum Gasteiger partial charge on any atom is -0.490 e. The number of rotatable bonds is 17. The van der Waals surface area contributed by atoms with Crippen molar-refractivity contribution in [3.8, 4) is 17.2 Å². The zero-order valence-electron chi connectivity index (χ0n) is 32.6. The normalized spacial score (nSPS) is 13.9. The molecule has 0 aliphatic heterocycles. The highest BCUT2D eigenvalue weighted by molar-refractivity contribution is 6.39. The van der Waals surface area contributed by atoms with Crippen LogP contribution in [0.3, 0.4) is 0 Å². The Hall–Kier alpha value is -4.18. The van der Waals surface area contributed by atoms with Crippen LogP contribution in [-0.2, 0) is 37.1 Å². The molecular weight excluding hydrogens is 871 g/mol. The van der Waals surface area contributed by atoms with E-state index in [4.69, 9.17) is 14.0 Å². The lowest BCUT2D eigenvalue weighted by Gasteiger charge is -2.44. The van der Waals surface area contributed by atoms with E-state index in [2.05, 4.69) is 0 Å². The van der Waals surface area contributed by atoms with Crippen molar-refractivity contribution in [2.75, 3.05) is 19.6 Å². The fraction of sp³-hybridized carbons (Fsp3) is 0.526. The van der Waals surface area contributed by atoms with E-state index >= 15 is 13.2 Å². The van der Waals surface area contributed by atoms with Gasteiger partial charge in [-0.1, -0.05) is 32.6 Å². The van der Waals surface area contributed by atoms with Gasteiger partial charge < -0.3 is 18.4 Å². The molecular formula is C38H39BF18NO3+. The Morgan fingerprint density at radius 1 is 0.443 bits per heavy atom. The molecule has 23 heteroatoms. The predicted molar refractivity (Wildman–Crippen MR) is 185 cm³/mol. The maximum Gasteiger partial charge on any atom is 0.864 e. The summed E-state index contributed by atoms with van der Waals surface area (Å²) in [5.74, 6) is -4.60. The van der Waals surface area contributed by atoms with E-state index in [1.54, 1.807) is 20.8 Å². The molecule has 61 heavy (non-hydrogen) atoms. The molecule has 1 atom stereocenters. The van der Waals surface area contributed by atoms with Crippen molar-refractivity contribution in [3.63, 3.8) is 0 Å². The van der Waals surface area contributed by atoms with Crippen LogP contribution in [0.1, 0.15) is 111 Å². The van der Waals surface area contributed by atoms with E-state index in [-0.39, 0.29) is 73.4 Å². The Morgan fingerprint density at radius 2 is 0.803 bits per heavy atom. The van der Waals surface area contributed by atoms with Gasteiger partial charge in [-0.25, -0.2) is 0 Å². The largest absolute Gasteiger partial charge is 0.864 e. The number of benzene rings is 3. The van der Waals surface area contributed by atoms with Gasteiger partial charge in [-0.2, -0.15) is 79.0 Å². The highest BCUT2D eigenvalue weighted by Gasteiger charge is 2.48. The summed E-state index contributed by atoms with van der Waals surface area (Å²) in [6.45, 7) is 6.65. The summed E-state index contributed by atoms with van der Waals surface area (Å²) in [6.07, 6.45) is -31.1. The number of hydrogen-bond donors (Lipinski definition) is 0. The molecule has 3 aromatic carbocycles. The third-order valence-corrected chi connectivity index (χ3v) is 10.0. The Labute approximate surface area is 338 Å². The molecule has 3 aromatic rings. The van der Waals surface area contributed by atoms with Crippen molar-refractivity contribution in [2.24, 2.45) is 0 Å². The number of nitrogens with zero attached hydrogens (tertiary/aromatic N) is 1. The average molecular weight is 911 g/mol. The van der Waals surface area contributed by atoms with E-state index in [0.717, 1.165) is 6.42 Å². The molecule has 0 fully saturated rings. The van der Waals surface area contributed by atoms with Gasteiger partial charge in [0, 0.05) is 6.42 Å². The molecule has 0 saturated heterocycles. The Morgan fingerprint density at radius 3 is 1.13 bits per heavy atom. The second-order valence-corrected chi connectivity index (χ2v) is 13.9. The Bertz CT molecular complexity index is 1760. The van der Waals surface area contributed by atoms with Crippen LogP contribution in [0.25, 0.3) is 0 Å². The molecule has 0 heterocycles. The van der Waals surface area contributed by atoms with Crippen LogP contribution in [0.15, 0.2) is 48.5 Å². The summed E-state index contributed by atoms with van der Waals surface area (Å²) < 4.78 is 269. The lowest BCUT2D eigenvalue weighted by molar-refractivity contribution is -0.953. The van der Waals surface area contributed by atoms with Gasteiger partial charge in [0.2, 0.25) is 0 Å². The van der Waals surface area contributed by atoms with Crippen LogP contribution < -0.4 is 14.0 Å². The zero-order chi connectivity index (χ0) is 46.6. The van der Waals surface area contributed by atoms with Gasteiger partial charge in [0.05, 0.1) is 58.6 Å². The topological polar surface area (TPSA) is 27.7 Å². The quantitative estimate of drug-likeness (QED) is 0.0585. The van der Waals surface area contributed by atoms with Gasteiger partial charge in [0.1, 0.15) is 23.3 Å². The van der Waals surface area contributed by atoms with E-state index in [1.807, 2.05) is 6.92 Å². The Kier molecular flexibility index (Phi) is 16.0. The molecule has 0 aromatic heterocycles. The lowest BCUT2D eigenvalue weighted by Crippen LogP contribution is -2.51. The minimum absolute atomic E-state index is 0.00933. The van der Waals surface area contributed by atoms with E-state index in [1.165, 1.54) is 0 Å². The summed E-state index contributed by atoms with van der Waals surface area (Å²) in [5, 5.41) is 0. The molecule has 342 valence electrons. The predicted octanol–water partition coefficient (Wildman–Crippen LogP) is 14.6. The van der Waals surface area contributed by atoms with Crippen molar-refractivity contribution < 1.29 is 97.5 Å². The summed E-state index contributed by atoms with van der Waals surface area (Å²) in [7, 11) is -3.27. The van der Waals surface area contributed by atoms with Gasteiger partial charge in [0.25, 0.3) is 0 Å². The molecule has 0 aliphatic carbocycles. The summed E-state index contributed by atoms with van der Waals surface area (Å²) >= 11 is 0. The molecule has 0 aliphatic rings. The van der Waals surface area contributed by atoms with Crippen LogP contribution in [0, 0.1) is 0 Å². The third kappa shape index (κ3) is 13.4. The van der Waals surface area contributed by atoms with Crippen LogP contribution >= 0.6 is 0 Å². The summed E-state index contributed by atoms with van der Waals surface area (Å²) in [6, 6.07) is -3.11. The first kappa shape index (κ1) is 51.2. The molecule has 0 saturated carbocycles. The molecule has 0 amide bonds. The number of quaternary nitrogens is 1. The van der Waals surface area contributed by atoms with Crippen LogP contribution in [-0.4, -0.2) is 31.4 Å². The van der Waals surface area contributed by atoms with Crippen molar-refractivity contribution >= 4 is 7.32 Å². The van der Waals surface area contributed by atoms with Crippen molar-refractivity contribution in [1.29, 1.82) is 0 Å². The standard InChI is InChI=1S/C38H39BF18NO3/c1-5-9-10-11-12-13-30(58(6-2,7-3)8-4)32-29(38(55,56)57)20-26(37(52,53)54)21-31(32)61-39(59-27-16-22(33(40,41)42)14-23(17-27)34(43,44)45)60-28-18-24(35(46,47)48)15-25(19-28)36(49,50)51/h14-21,30H,5-13H2,1-4H3/q+1. The molecule has 0 bridgehead atoms. The van der Waals surface area contributed by atoms with Gasteiger partial charge in [-0.05, 0) is 75.7 Å². The van der Waals surface area contributed by atoms with Crippen LogP contribution in [0.4, 0.5) is 79.0 Å². The molecule has 0 N–H and O–H groups in total. The van der Waals surface area contributed by atoms with Crippen molar-refractivity contribution in [1.82, 2.24) is 0 Å². The van der Waals surface area contributed by atoms with Crippen molar-refractivity contribution in [2.45, 2.75) is 109 Å². The lowest BCUT2D eigenvalue weighted by atomic mass is 9.89. The maximum atomic E-state index is 15.1. The number of alkyl halides is 18. The molecule has 4 nitrogen and oxygen atoms in total. The molecule has 0 radical (unpaired) electrons. The van der Waals surface area contributed by atoms with Gasteiger partial charge in [-0.3, -0.25) is 0 Å². The minimum atomic E-state index is -5.64. The van der Waals surface area contributed by atoms with Crippen LogP contribution in [0.2, 0.25) is 0 Å². The second-order valence-electron chi connectivity index (χ2n) is 13.9. The highest BCUT2D eigenvalue weighted by Crippen LogP contribution is 2.49. The first-order valence-corrected chi connectivity index (χ1v) is 18.6. The van der Waals surface area contributed by atoms with E-state index in [0.29, 0.717) is 19.3 Å². The first-order chi connectivity index (χ1) is 27.8.